The van der Waals surface area contributed by atoms with Crippen molar-refractivity contribution in [2.45, 2.75) is 45.6 Å². The van der Waals surface area contributed by atoms with Gasteiger partial charge in [-0.2, -0.15) is 0 Å². The zero-order valence-corrected chi connectivity index (χ0v) is 14.6. The van der Waals surface area contributed by atoms with E-state index < -0.39 is 5.60 Å². The minimum absolute atomic E-state index is 0.220. The fourth-order valence-corrected chi connectivity index (χ4v) is 3.83. The number of rotatable bonds is 1. The largest absolute Gasteiger partial charge is 0.444 e. The van der Waals surface area contributed by atoms with Gasteiger partial charge in [0.2, 0.25) is 5.91 Å². The molecule has 3 rings (SSSR count). The minimum atomic E-state index is -0.473. The minimum Gasteiger partial charge on any atom is -0.444 e. The Labute approximate surface area is 138 Å². The molecular weight excluding hydrogens is 294 g/mol. The summed E-state index contributed by atoms with van der Waals surface area (Å²) in [6.07, 6.45) is 3.04. The summed E-state index contributed by atoms with van der Waals surface area (Å²) in [6.45, 7) is 10.1. The van der Waals surface area contributed by atoms with E-state index in [2.05, 4.69) is 5.32 Å². The van der Waals surface area contributed by atoms with Gasteiger partial charge in [-0.15, -0.1) is 0 Å². The van der Waals surface area contributed by atoms with Gasteiger partial charge in [-0.3, -0.25) is 4.79 Å². The van der Waals surface area contributed by atoms with E-state index in [9.17, 15) is 9.59 Å². The van der Waals surface area contributed by atoms with Crippen LogP contribution >= 0.6 is 0 Å². The Hall–Kier alpha value is -1.30. The maximum Gasteiger partial charge on any atom is 0.410 e. The van der Waals surface area contributed by atoms with Gasteiger partial charge in [0, 0.05) is 32.1 Å². The Morgan fingerprint density at radius 2 is 1.61 bits per heavy atom. The number of carbonyl (C=O) groups excluding carboxylic acids is 2. The molecule has 0 bridgehead atoms. The van der Waals surface area contributed by atoms with E-state index in [1.807, 2.05) is 25.7 Å². The normalized spacial score (nSPS) is 27.0. The topological polar surface area (TPSA) is 61.9 Å². The van der Waals surface area contributed by atoms with Crippen molar-refractivity contribution in [2.75, 3.05) is 39.3 Å². The van der Waals surface area contributed by atoms with Crippen LogP contribution in [-0.4, -0.2) is 66.7 Å². The summed E-state index contributed by atoms with van der Waals surface area (Å²) < 4.78 is 5.40. The van der Waals surface area contributed by atoms with Gasteiger partial charge in [0.15, 0.2) is 0 Å². The molecule has 1 N–H and O–H groups in total. The molecule has 0 aromatic carbocycles. The molecule has 23 heavy (non-hydrogen) atoms. The molecule has 0 radical (unpaired) electrons. The number of hydrogen-bond donors (Lipinski definition) is 1. The van der Waals surface area contributed by atoms with Crippen LogP contribution in [0.2, 0.25) is 0 Å². The number of piperidine rings is 1. The van der Waals surface area contributed by atoms with Gasteiger partial charge < -0.3 is 19.9 Å². The first kappa shape index (κ1) is 16.6. The summed E-state index contributed by atoms with van der Waals surface area (Å²) in [5, 5.41) is 3.37. The number of hydrogen-bond acceptors (Lipinski definition) is 4. The van der Waals surface area contributed by atoms with Crippen LogP contribution in [0, 0.1) is 11.3 Å². The molecule has 6 nitrogen and oxygen atoms in total. The highest BCUT2D eigenvalue weighted by molar-refractivity contribution is 5.83. The first-order chi connectivity index (χ1) is 10.8. The molecule has 1 saturated carbocycles. The van der Waals surface area contributed by atoms with Crippen LogP contribution in [0.5, 0.6) is 0 Å². The molecule has 1 spiro atoms. The van der Waals surface area contributed by atoms with Crippen LogP contribution in [-0.2, 0) is 9.53 Å². The second-order valence-corrected chi connectivity index (χ2v) is 8.16. The SMILES string of the molecule is CC(C)(C)OC(=O)N1CCN(C(=O)C2CC23CCNCC3)CC1. The molecule has 1 aliphatic carbocycles. The van der Waals surface area contributed by atoms with E-state index >= 15 is 0 Å². The van der Waals surface area contributed by atoms with Crippen molar-refractivity contribution in [2.24, 2.45) is 11.3 Å². The highest BCUT2D eigenvalue weighted by Crippen LogP contribution is 2.59. The standard InChI is InChI=1S/C17H29N3O3/c1-16(2,3)23-15(22)20-10-8-19(9-11-20)14(21)13-12-17(13)4-6-18-7-5-17/h13,18H,4-12H2,1-3H3. The van der Waals surface area contributed by atoms with Crippen LogP contribution in [0.15, 0.2) is 0 Å². The number of nitrogens with one attached hydrogen (secondary N) is 1. The third kappa shape index (κ3) is 3.62. The van der Waals surface area contributed by atoms with Crippen molar-refractivity contribution in [1.82, 2.24) is 15.1 Å². The van der Waals surface area contributed by atoms with Gasteiger partial charge in [0.1, 0.15) is 5.60 Å². The summed E-state index contributed by atoms with van der Waals surface area (Å²) in [5.74, 6) is 0.522. The number of amides is 2. The lowest BCUT2D eigenvalue weighted by molar-refractivity contribution is -0.135. The molecule has 1 unspecified atom stereocenters. The average Bonchev–Trinajstić information content (AvgIpc) is 3.19. The van der Waals surface area contributed by atoms with E-state index in [1.165, 1.54) is 0 Å². The molecular formula is C17H29N3O3. The van der Waals surface area contributed by atoms with E-state index in [1.54, 1.807) is 4.90 Å². The summed E-state index contributed by atoms with van der Waals surface area (Å²) >= 11 is 0. The third-order valence-electron chi connectivity index (χ3n) is 5.33. The highest BCUT2D eigenvalue weighted by Gasteiger charge is 2.58. The second-order valence-electron chi connectivity index (χ2n) is 8.16. The van der Waals surface area contributed by atoms with Gasteiger partial charge >= 0.3 is 6.09 Å². The van der Waals surface area contributed by atoms with Crippen LogP contribution in [0.25, 0.3) is 0 Å². The van der Waals surface area contributed by atoms with E-state index in [0.717, 1.165) is 32.4 Å². The fourth-order valence-electron chi connectivity index (χ4n) is 3.83. The molecule has 3 fully saturated rings. The monoisotopic (exact) mass is 323 g/mol. The Bertz CT molecular complexity index is 472. The molecule has 2 saturated heterocycles. The molecule has 6 heteroatoms. The Balaban J connectivity index is 1.48. The smallest absolute Gasteiger partial charge is 0.410 e. The lowest BCUT2D eigenvalue weighted by Gasteiger charge is -2.36. The Kier molecular flexibility index (Phi) is 4.29. The van der Waals surface area contributed by atoms with Gasteiger partial charge in [0.25, 0.3) is 0 Å². The number of carbonyl (C=O) groups is 2. The fraction of sp³-hybridized carbons (Fsp3) is 0.882. The van der Waals surface area contributed by atoms with Gasteiger partial charge in [-0.05, 0) is 58.5 Å². The highest BCUT2D eigenvalue weighted by atomic mass is 16.6. The number of nitrogens with zero attached hydrogens (tertiary/aromatic N) is 2. The predicted octanol–water partition coefficient (Wildman–Crippen LogP) is 1.46. The molecule has 130 valence electrons. The van der Waals surface area contributed by atoms with Crippen LogP contribution in [0.3, 0.4) is 0 Å². The van der Waals surface area contributed by atoms with Crippen molar-refractivity contribution >= 4 is 12.0 Å². The van der Waals surface area contributed by atoms with Crippen LogP contribution < -0.4 is 5.32 Å². The Morgan fingerprint density at radius 3 is 2.17 bits per heavy atom. The predicted molar refractivity (Wildman–Crippen MR) is 87.0 cm³/mol. The van der Waals surface area contributed by atoms with Gasteiger partial charge in [-0.1, -0.05) is 0 Å². The average molecular weight is 323 g/mol. The molecule has 2 amide bonds. The lowest BCUT2D eigenvalue weighted by Crippen LogP contribution is -2.52. The Morgan fingerprint density at radius 1 is 1.04 bits per heavy atom. The van der Waals surface area contributed by atoms with Crippen LogP contribution in [0.4, 0.5) is 4.79 Å². The molecule has 3 aliphatic rings. The van der Waals surface area contributed by atoms with Crippen molar-refractivity contribution in [3.05, 3.63) is 0 Å². The van der Waals surface area contributed by atoms with Crippen molar-refractivity contribution in [3.63, 3.8) is 0 Å². The zero-order chi connectivity index (χ0) is 16.7. The summed E-state index contributed by atoms with van der Waals surface area (Å²) in [5.41, 5.74) is -0.190. The summed E-state index contributed by atoms with van der Waals surface area (Å²) in [7, 11) is 0. The maximum atomic E-state index is 12.7. The summed E-state index contributed by atoms with van der Waals surface area (Å²) in [4.78, 5) is 28.4. The molecule has 0 aromatic heterocycles. The van der Waals surface area contributed by atoms with E-state index in [0.29, 0.717) is 32.1 Å². The first-order valence-corrected chi connectivity index (χ1v) is 8.78. The zero-order valence-electron chi connectivity index (χ0n) is 14.6. The van der Waals surface area contributed by atoms with E-state index in [-0.39, 0.29) is 17.4 Å². The quantitative estimate of drug-likeness (QED) is 0.793. The molecule has 2 aliphatic heterocycles. The van der Waals surface area contributed by atoms with Crippen molar-refractivity contribution in [3.8, 4) is 0 Å². The van der Waals surface area contributed by atoms with Crippen molar-refractivity contribution in [1.29, 1.82) is 0 Å². The third-order valence-corrected chi connectivity index (χ3v) is 5.33. The number of piperazine rings is 1. The molecule has 2 heterocycles. The number of ether oxygens (including phenoxy) is 1. The first-order valence-electron chi connectivity index (χ1n) is 8.78. The van der Waals surface area contributed by atoms with E-state index in [4.69, 9.17) is 4.74 Å². The van der Waals surface area contributed by atoms with Crippen molar-refractivity contribution < 1.29 is 14.3 Å². The van der Waals surface area contributed by atoms with Crippen LogP contribution in [0.1, 0.15) is 40.0 Å². The molecule has 1 atom stereocenters. The lowest BCUT2D eigenvalue weighted by atomic mass is 9.91. The van der Waals surface area contributed by atoms with Gasteiger partial charge in [-0.25, -0.2) is 4.79 Å². The maximum absolute atomic E-state index is 12.7. The van der Waals surface area contributed by atoms with Gasteiger partial charge in [0.05, 0.1) is 0 Å². The molecule has 0 aromatic rings. The summed E-state index contributed by atoms with van der Waals surface area (Å²) in [6, 6.07) is 0. The second kappa shape index (κ2) is 5.96.